The van der Waals surface area contributed by atoms with Crippen molar-refractivity contribution in [3.05, 3.63) is 47.7 Å². The maximum absolute atomic E-state index is 13.7. The predicted octanol–water partition coefficient (Wildman–Crippen LogP) is 3.21. The summed E-state index contributed by atoms with van der Waals surface area (Å²) in [5.74, 6) is 0.968. The van der Waals surface area contributed by atoms with E-state index >= 15 is 0 Å². The van der Waals surface area contributed by atoms with Gasteiger partial charge in [-0.3, -0.25) is 14.4 Å². The van der Waals surface area contributed by atoms with E-state index in [0.29, 0.717) is 56.1 Å². The van der Waals surface area contributed by atoms with Gasteiger partial charge in [0, 0.05) is 38.1 Å². The number of carbonyl (C=O) groups excluding carboxylic acids is 3. The molecule has 0 saturated carbocycles. The van der Waals surface area contributed by atoms with Gasteiger partial charge in [0.1, 0.15) is 23.6 Å². The van der Waals surface area contributed by atoms with Gasteiger partial charge in [-0.1, -0.05) is 46.2 Å². The fourth-order valence-electron chi connectivity index (χ4n) is 5.15. The third-order valence-electron chi connectivity index (χ3n) is 7.59. The molecule has 0 aliphatic carbocycles. The molecular weight excluding hydrogens is 510 g/mol. The molecule has 2 aliphatic heterocycles. The van der Waals surface area contributed by atoms with E-state index in [4.69, 9.17) is 9.15 Å². The lowest BCUT2D eigenvalue weighted by Crippen LogP contribution is -2.56. The lowest BCUT2D eigenvalue weighted by atomic mass is 9.94. The molecule has 2 aliphatic rings. The molecule has 1 aromatic carbocycles. The lowest BCUT2D eigenvalue weighted by molar-refractivity contribution is -0.145. The van der Waals surface area contributed by atoms with Crippen molar-refractivity contribution < 1.29 is 23.5 Å². The van der Waals surface area contributed by atoms with E-state index < -0.39 is 18.0 Å². The largest absolute Gasteiger partial charge is 0.483 e. The van der Waals surface area contributed by atoms with Crippen LogP contribution in [0.25, 0.3) is 0 Å². The second-order valence-electron chi connectivity index (χ2n) is 11.8. The van der Waals surface area contributed by atoms with Crippen LogP contribution in [-0.4, -0.2) is 89.3 Å². The highest BCUT2D eigenvalue weighted by molar-refractivity contribution is 6.00. The second-order valence-corrected chi connectivity index (χ2v) is 11.8. The van der Waals surface area contributed by atoms with Gasteiger partial charge in [0.05, 0.1) is 11.8 Å². The molecule has 10 nitrogen and oxygen atoms in total. The van der Waals surface area contributed by atoms with Crippen LogP contribution in [0.15, 0.2) is 34.9 Å². The highest BCUT2D eigenvalue weighted by Gasteiger charge is 2.39. The number of oxazole rings is 1. The number of piperazine rings is 1. The Balaban J connectivity index is 1.43. The van der Waals surface area contributed by atoms with E-state index in [9.17, 15) is 14.4 Å². The molecule has 2 atom stereocenters. The van der Waals surface area contributed by atoms with Crippen molar-refractivity contribution in [1.82, 2.24) is 25.0 Å². The number of para-hydroxylation sites is 1. The first-order valence-corrected chi connectivity index (χ1v) is 14.3. The van der Waals surface area contributed by atoms with E-state index in [0.717, 1.165) is 25.3 Å². The van der Waals surface area contributed by atoms with Crippen molar-refractivity contribution in [3.63, 3.8) is 0 Å². The first-order valence-electron chi connectivity index (χ1n) is 14.3. The van der Waals surface area contributed by atoms with Crippen molar-refractivity contribution >= 4 is 17.7 Å². The molecule has 4 rings (SSSR count). The number of hydrogen-bond donors (Lipinski definition) is 1. The summed E-state index contributed by atoms with van der Waals surface area (Å²) in [6, 6.07) is 5.73. The molecule has 2 unspecified atom stereocenters. The fourth-order valence-corrected chi connectivity index (χ4v) is 5.15. The Morgan fingerprint density at radius 3 is 2.52 bits per heavy atom. The van der Waals surface area contributed by atoms with E-state index in [2.05, 4.69) is 15.2 Å². The highest BCUT2D eigenvalue weighted by atomic mass is 16.5. The van der Waals surface area contributed by atoms with Gasteiger partial charge in [-0.2, -0.15) is 0 Å². The Bertz CT molecular complexity index is 1180. The first-order chi connectivity index (χ1) is 19.1. The molecule has 0 spiro atoms. The number of aromatic nitrogens is 1. The number of benzene rings is 1. The topological polar surface area (TPSA) is 108 Å². The quantitative estimate of drug-likeness (QED) is 0.508. The van der Waals surface area contributed by atoms with Gasteiger partial charge >= 0.3 is 0 Å². The number of ether oxygens (including phenoxy) is 1. The van der Waals surface area contributed by atoms with Gasteiger partial charge < -0.3 is 29.2 Å². The van der Waals surface area contributed by atoms with E-state index in [-0.39, 0.29) is 23.8 Å². The first kappa shape index (κ1) is 29.6. The number of rotatable bonds is 9. The summed E-state index contributed by atoms with van der Waals surface area (Å²) in [6.45, 7) is 11.7. The molecule has 0 radical (unpaired) electrons. The summed E-state index contributed by atoms with van der Waals surface area (Å²) in [7, 11) is 2.05. The molecule has 218 valence electrons. The summed E-state index contributed by atoms with van der Waals surface area (Å²) >= 11 is 0. The Hall–Kier alpha value is -3.40. The summed E-state index contributed by atoms with van der Waals surface area (Å²) in [6.07, 6.45) is 4.30. The van der Waals surface area contributed by atoms with Crippen molar-refractivity contribution in [3.8, 4) is 5.75 Å². The minimum Gasteiger partial charge on any atom is -0.483 e. The predicted molar refractivity (Wildman–Crippen MR) is 151 cm³/mol. The number of amides is 3. The molecule has 2 aromatic rings. The average molecular weight is 554 g/mol. The van der Waals surface area contributed by atoms with Gasteiger partial charge in [0.15, 0.2) is 6.61 Å². The van der Waals surface area contributed by atoms with Crippen LogP contribution in [0.1, 0.15) is 75.4 Å². The SMILES string of the molecule is CCCC(NC(=O)c1ccccc1OCc1ncc(C(C)(C)C)o1)C(=O)N1CCCC1C(=O)N1CCN(C)CC1. The Kier molecular flexibility index (Phi) is 9.50. The fraction of sp³-hybridized carbons (Fsp3) is 0.600. The summed E-state index contributed by atoms with van der Waals surface area (Å²) < 4.78 is 11.7. The van der Waals surface area contributed by atoms with Gasteiger partial charge in [-0.15, -0.1) is 0 Å². The Morgan fingerprint density at radius 1 is 1.12 bits per heavy atom. The van der Waals surface area contributed by atoms with E-state index in [1.165, 1.54) is 0 Å². The zero-order valence-corrected chi connectivity index (χ0v) is 24.4. The molecule has 2 saturated heterocycles. The van der Waals surface area contributed by atoms with Crippen molar-refractivity contribution in [1.29, 1.82) is 0 Å². The average Bonchev–Trinajstić information content (AvgIpc) is 3.62. The number of nitrogens with one attached hydrogen (secondary N) is 1. The summed E-state index contributed by atoms with van der Waals surface area (Å²) in [5, 5.41) is 2.94. The molecule has 0 bridgehead atoms. The molecule has 1 aromatic heterocycles. The zero-order valence-electron chi connectivity index (χ0n) is 24.4. The molecule has 3 heterocycles. The number of nitrogens with zero attached hydrogens (tertiary/aromatic N) is 4. The minimum atomic E-state index is -0.729. The van der Waals surface area contributed by atoms with Crippen LogP contribution in [0.3, 0.4) is 0 Å². The normalized spacial score (nSPS) is 19.0. The Morgan fingerprint density at radius 2 is 1.85 bits per heavy atom. The molecular formula is C30H43N5O5. The number of likely N-dealkylation sites (N-methyl/N-ethyl adjacent to an activating group) is 1. The van der Waals surface area contributed by atoms with Crippen LogP contribution in [0.4, 0.5) is 0 Å². The number of likely N-dealkylation sites (tertiary alicyclic amines) is 1. The van der Waals surface area contributed by atoms with Crippen molar-refractivity contribution in [2.24, 2.45) is 0 Å². The molecule has 2 fully saturated rings. The standard InChI is InChI=1S/C30H43N5O5/c1-6-10-22(28(37)35-14-9-12-23(35)29(38)34-17-15-33(5)16-18-34)32-27(36)21-11-7-8-13-24(21)39-20-26-31-19-25(40-26)30(2,3)4/h7-8,11,13,19,22-23H,6,9-10,12,14-18,20H2,1-5H3,(H,32,36). The van der Waals surface area contributed by atoms with Crippen molar-refractivity contribution in [2.45, 2.75) is 77.5 Å². The summed E-state index contributed by atoms with van der Waals surface area (Å²) in [5.41, 5.74) is 0.151. The Labute approximate surface area is 237 Å². The third kappa shape index (κ3) is 7.02. The third-order valence-corrected chi connectivity index (χ3v) is 7.59. The monoisotopic (exact) mass is 553 g/mol. The maximum atomic E-state index is 13.7. The minimum absolute atomic E-state index is 0.0143. The smallest absolute Gasteiger partial charge is 0.255 e. The van der Waals surface area contributed by atoms with Crippen molar-refractivity contribution in [2.75, 3.05) is 39.8 Å². The van der Waals surface area contributed by atoms with E-state index in [1.54, 1.807) is 35.4 Å². The van der Waals surface area contributed by atoms with Gasteiger partial charge in [0.2, 0.25) is 17.7 Å². The molecule has 3 amide bonds. The van der Waals surface area contributed by atoms with Crippen LogP contribution < -0.4 is 10.1 Å². The number of hydrogen-bond acceptors (Lipinski definition) is 7. The zero-order chi connectivity index (χ0) is 28.9. The highest BCUT2D eigenvalue weighted by Crippen LogP contribution is 2.25. The molecule has 1 N–H and O–H groups in total. The maximum Gasteiger partial charge on any atom is 0.255 e. The molecule has 40 heavy (non-hydrogen) atoms. The van der Waals surface area contributed by atoms with E-state index in [1.807, 2.05) is 39.6 Å². The second kappa shape index (κ2) is 12.8. The summed E-state index contributed by atoms with van der Waals surface area (Å²) in [4.78, 5) is 50.5. The van der Waals surface area contributed by atoms with Crippen LogP contribution in [-0.2, 0) is 21.6 Å². The number of carbonyl (C=O) groups is 3. The van der Waals surface area contributed by atoms with Crippen LogP contribution in [0, 0.1) is 0 Å². The lowest BCUT2D eigenvalue weighted by Gasteiger charge is -2.36. The molecule has 10 heteroatoms. The van der Waals surface area contributed by atoms with Gasteiger partial charge in [-0.05, 0) is 38.4 Å². The van der Waals surface area contributed by atoms with Crippen LogP contribution in [0.2, 0.25) is 0 Å². The van der Waals surface area contributed by atoms with Crippen LogP contribution >= 0.6 is 0 Å². The van der Waals surface area contributed by atoms with Crippen LogP contribution in [0.5, 0.6) is 5.75 Å². The van der Waals surface area contributed by atoms with Gasteiger partial charge in [0.25, 0.3) is 5.91 Å². The van der Waals surface area contributed by atoms with Gasteiger partial charge in [-0.25, -0.2) is 4.98 Å².